The molecule has 1 saturated carbocycles. The number of aromatic nitrogens is 2. The summed E-state index contributed by atoms with van der Waals surface area (Å²) in [6.45, 7) is 0. The van der Waals surface area contributed by atoms with E-state index in [9.17, 15) is 8.42 Å². The maximum atomic E-state index is 13.1. The van der Waals surface area contributed by atoms with E-state index < -0.39 is 10.1 Å². The minimum atomic E-state index is -4.06. The molecule has 0 spiro atoms. The van der Waals surface area contributed by atoms with Gasteiger partial charge in [-0.2, -0.15) is 8.42 Å². The molecule has 5 rings (SSSR count). The van der Waals surface area contributed by atoms with E-state index in [1.54, 1.807) is 24.3 Å². The predicted molar refractivity (Wildman–Crippen MR) is 140 cm³/mol. The molecular weight excluding hydrogens is 530 g/mol. The van der Waals surface area contributed by atoms with Gasteiger partial charge in [-0.05, 0) is 77.3 Å². The Morgan fingerprint density at radius 2 is 1.74 bits per heavy atom. The fourth-order valence-corrected chi connectivity index (χ4v) is 5.71. The molecule has 0 amide bonds. The summed E-state index contributed by atoms with van der Waals surface area (Å²) in [6, 6.07) is 17.4. The van der Waals surface area contributed by atoms with Gasteiger partial charge in [0.1, 0.15) is 27.8 Å². The number of pyridine rings is 1. The van der Waals surface area contributed by atoms with Crippen LogP contribution < -0.4 is 14.2 Å². The van der Waals surface area contributed by atoms with Crippen molar-refractivity contribution in [2.45, 2.75) is 43.0 Å². The fourth-order valence-electron chi connectivity index (χ4n) is 4.43. The average Bonchev–Trinajstić information content (AvgIpc) is 3.22. The van der Waals surface area contributed by atoms with E-state index in [2.05, 4.69) is 21.2 Å². The highest BCUT2D eigenvalue weighted by atomic mass is 79.9. The summed E-state index contributed by atoms with van der Waals surface area (Å²) < 4.78 is 39.9. The Hall–Kier alpha value is -3.04. The lowest BCUT2D eigenvalue weighted by Crippen LogP contribution is -2.23. The predicted octanol–water partition coefficient (Wildman–Crippen LogP) is 6.28. The van der Waals surface area contributed by atoms with Crippen molar-refractivity contribution >= 4 is 37.5 Å². The van der Waals surface area contributed by atoms with Crippen LogP contribution in [-0.2, 0) is 10.1 Å². The maximum Gasteiger partial charge on any atom is 0.339 e. The number of fused-ring (bicyclic) bond motifs is 1. The summed E-state index contributed by atoms with van der Waals surface area (Å²) in [7, 11) is -2.53. The largest absolute Gasteiger partial charge is 0.497 e. The van der Waals surface area contributed by atoms with Crippen LogP contribution in [0.1, 0.15) is 32.1 Å². The van der Waals surface area contributed by atoms with Crippen LogP contribution in [0, 0.1) is 0 Å². The van der Waals surface area contributed by atoms with Crippen LogP contribution in [0.3, 0.4) is 0 Å². The standard InChI is InChI=1S/C26H26BrN3O4S/c1-33-20-12-14-21(15-13-20)35(31,32)34-23-10-6-5-9-22(23)25-26(28-19-7-3-2-4-8-19)30-17-18(27)11-16-24(30)29-25/h5-6,9-17,19,28H,2-4,7-8H2,1H3. The number of anilines is 1. The summed E-state index contributed by atoms with van der Waals surface area (Å²) in [5.41, 5.74) is 2.01. The molecule has 1 aliphatic carbocycles. The number of hydrogen-bond donors (Lipinski definition) is 1. The molecule has 35 heavy (non-hydrogen) atoms. The number of nitrogens with zero attached hydrogens (tertiary/aromatic N) is 2. The van der Waals surface area contributed by atoms with Crippen molar-refractivity contribution < 1.29 is 17.3 Å². The van der Waals surface area contributed by atoms with Crippen molar-refractivity contribution in [3.05, 3.63) is 71.3 Å². The third-order valence-electron chi connectivity index (χ3n) is 6.22. The summed E-state index contributed by atoms with van der Waals surface area (Å²) in [5.74, 6) is 1.61. The number of hydrogen-bond acceptors (Lipinski definition) is 6. The summed E-state index contributed by atoms with van der Waals surface area (Å²) in [4.78, 5) is 4.91. The molecule has 1 aliphatic rings. The van der Waals surface area contributed by atoms with E-state index in [0.29, 0.717) is 23.0 Å². The third kappa shape index (κ3) is 5.01. The second kappa shape index (κ2) is 9.91. The van der Waals surface area contributed by atoms with Crippen molar-refractivity contribution in [1.82, 2.24) is 9.38 Å². The third-order valence-corrected chi connectivity index (χ3v) is 7.94. The second-order valence-corrected chi connectivity index (χ2v) is 11.0. The van der Waals surface area contributed by atoms with E-state index in [1.807, 2.05) is 34.9 Å². The first-order valence-corrected chi connectivity index (χ1v) is 13.8. The molecule has 182 valence electrons. The number of ether oxygens (including phenoxy) is 1. The van der Waals surface area contributed by atoms with Gasteiger partial charge < -0.3 is 14.2 Å². The Morgan fingerprint density at radius 1 is 1.00 bits per heavy atom. The van der Waals surface area contributed by atoms with Gasteiger partial charge in [-0.15, -0.1) is 0 Å². The number of imidazole rings is 1. The zero-order valence-corrected chi connectivity index (χ0v) is 21.7. The molecule has 0 radical (unpaired) electrons. The summed E-state index contributed by atoms with van der Waals surface area (Å²) in [5, 5.41) is 3.69. The number of para-hydroxylation sites is 1. The molecule has 2 aromatic heterocycles. The first-order chi connectivity index (χ1) is 16.9. The van der Waals surface area contributed by atoms with Crippen molar-refractivity contribution in [1.29, 1.82) is 0 Å². The molecule has 0 bridgehead atoms. The quantitative estimate of drug-likeness (QED) is 0.270. The molecule has 2 aromatic carbocycles. The van der Waals surface area contributed by atoms with Crippen LogP contribution in [0.5, 0.6) is 11.5 Å². The average molecular weight is 556 g/mol. The highest BCUT2D eigenvalue weighted by Crippen LogP contribution is 2.38. The first kappa shape index (κ1) is 23.7. The Bertz CT molecular complexity index is 1450. The first-order valence-electron chi connectivity index (χ1n) is 11.6. The maximum absolute atomic E-state index is 13.1. The number of halogens is 1. The smallest absolute Gasteiger partial charge is 0.339 e. The Balaban J connectivity index is 1.57. The normalized spacial score (nSPS) is 14.7. The molecule has 0 aliphatic heterocycles. The minimum Gasteiger partial charge on any atom is -0.497 e. The molecule has 1 fully saturated rings. The van der Waals surface area contributed by atoms with Crippen molar-refractivity contribution in [2.75, 3.05) is 12.4 Å². The lowest BCUT2D eigenvalue weighted by molar-refractivity contribution is 0.414. The molecule has 2 heterocycles. The molecule has 0 saturated heterocycles. The fraction of sp³-hybridized carbons (Fsp3) is 0.269. The number of nitrogens with one attached hydrogen (secondary N) is 1. The van der Waals surface area contributed by atoms with Crippen molar-refractivity contribution in [2.24, 2.45) is 0 Å². The van der Waals surface area contributed by atoms with E-state index >= 15 is 0 Å². The van der Waals surface area contributed by atoms with E-state index in [4.69, 9.17) is 13.9 Å². The summed E-state index contributed by atoms with van der Waals surface area (Å²) in [6.07, 6.45) is 7.77. The molecule has 1 N–H and O–H groups in total. The van der Waals surface area contributed by atoms with Gasteiger partial charge in [-0.1, -0.05) is 31.4 Å². The lowest BCUT2D eigenvalue weighted by Gasteiger charge is -2.24. The zero-order valence-electron chi connectivity index (χ0n) is 19.3. The van der Waals surface area contributed by atoms with Crippen LogP contribution in [0.2, 0.25) is 0 Å². The Labute approximate surface area is 213 Å². The van der Waals surface area contributed by atoms with Crippen LogP contribution in [0.15, 0.2) is 76.2 Å². The van der Waals surface area contributed by atoms with Gasteiger partial charge in [-0.3, -0.25) is 4.40 Å². The monoisotopic (exact) mass is 555 g/mol. The van der Waals surface area contributed by atoms with Crippen LogP contribution in [0.4, 0.5) is 5.82 Å². The summed E-state index contributed by atoms with van der Waals surface area (Å²) >= 11 is 3.56. The lowest BCUT2D eigenvalue weighted by atomic mass is 9.95. The molecule has 4 aromatic rings. The highest BCUT2D eigenvalue weighted by Gasteiger charge is 2.24. The Kier molecular flexibility index (Phi) is 6.71. The number of methoxy groups -OCH3 is 1. The number of rotatable bonds is 7. The van der Waals surface area contributed by atoms with E-state index in [1.165, 1.54) is 38.5 Å². The highest BCUT2D eigenvalue weighted by molar-refractivity contribution is 9.10. The van der Waals surface area contributed by atoms with Gasteiger partial charge in [0.25, 0.3) is 0 Å². The van der Waals surface area contributed by atoms with Gasteiger partial charge in [0.05, 0.1) is 7.11 Å². The number of benzene rings is 2. The van der Waals surface area contributed by atoms with Crippen LogP contribution >= 0.6 is 15.9 Å². The van der Waals surface area contributed by atoms with Crippen LogP contribution in [-0.4, -0.2) is 31.0 Å². The van der Waals surface area contributed by atoms with Gasteiger partial charge in [0.2, 0.25) is 0 Å². The Morgan fingerprint density at radius 3 is 2.49 bits per heavy atom. The second-order valence-electron chi connectivity index (χ2n) is 8.57. The van der Waals surface area contributed by atoms with E-state index in [0.717, 1.165) is 28.8 Å². The topological polar surface area (TPSA) is 81.9 Å². The molecule has 0 atom stereocenters. The van der Waals surface area contributed by atoms with Gasteiger partial charge >= 0.3 is 10.1 Å². The van der Waals surface area contributed by atoms with Gasteiger partial charge in [-0.25, -0.2) is 4.98 Å². The van der Waals surface area contributed by atoms with Gasteiger partial charge in [0.15, 0.2) is 5.75 Å². The molecule has 0 unspecified atom stereocenters. The van der Waals surface area contributed by atoms with Crippen LogP contribution in [0.25, 0.3) is 16.9 Å². The molecule has 7 nitrogen and oxygen atoms in total. The molecular formula is C26H26BrN3O4S. The zero-order chi connectivity index (χ0) is 24.4. The minimum absolute atomic E-state index is 0.0487. The van der Waals surface area contributed by atoms with E-state index in [-0.39, 0.29) is 10.6 Å². The van der Waals surface area contributed by atoms with Gasteiger partial charge in [0, 0.05) is 22.3 Å². The molecule has 9 heteroatoms. The van der Waals surface area contributed by atoms with Crippen molar-refractivity contribution in [3.63, 3.8) is 0 Å². The van der Waals surface area contributed by atoms with Crippen molar-refractivity contribution in [3.8, 4) is 22.8 Å². The SMILES string of the molecule is COc1ccc(S(=O)(=O)Oc2ccccc2-c2nc3ccc(Br)cn3c2NC2CCCCC2)cc1.